The van der Waals surface area contributed by atoms with Crippen LogP contribution in [0.25, 0.3) is 0 Å². The molecular weight excluding hydrogens is 256 g/mol. The molecule has 21 heavy (non-hydrogen) atoms. The number of rotatable bonds is 6. The van der Waals surface area contributed by atoms with E-state index in [1.54, 1.807) is 0 Å². The zero-order valence-electron chi connectivity index (χ0n) is 13.6. The number of pyridine rings is 1. The van der Waals surface area contributed by atoms with Gasteiger partial charge in [-0.15, -0.1) is 0 Å². The van der Waals surface area contributed by atoms with Crippen LogP contribution in [-0.4, -0.2) is 11.5 Å². The van der Waals surface area contributed by atoms with Gasteiger partial charge in [0.2, 0.25) is 0 Å². The number of benzene rings is 1. The van der Waals surface area contributed by atoms with Gasteiger partial charge in [-0.25, -0.2) is 0 Å². The molecule has 112 valence electrons. The molecule has 0 aliphatic rings. The predicted octanol–water partition coefficient (Wildman–Crippen LogP) is 4.29. The van der Waals surface area contributed by atoms with Gasteiger partial charge in [-0.1, -0.05) is 31.2 Å². The Bertz CT molecular complexity index is 570. The van der Waals surface area contributed by atoms with E-state index in [4.69, 9.17) is 0 Å². The molecule has 1 N–H and O–H groups in total. The molecular formula is C19H26N2. The molecule has 0 amide bonds. The Morgan fingerprint density at radius 3 is 2.33 bits per heavy atom. The summed E-state index contributed by atoms with van der Waals surface area (Å²) in [6, 6.07) is 13.4. The van der Waals surface area contributed by atoms with E-state index in [1.807, 2.05) is 0 Å². The molecule has 0 fully saturated rings. The lowest BCUT2D eigenvalue weighted by atomic mass is 9.95. The fourth-order valence-electron chi connectivity index (χ4n) is 2.75. The van der Waals surface area contributed by atoms with Crippen molar-refractivity contribution < 1.29 is 0 Å². The summed E-state index contributed by atoms with van der Waals surface area (Å²) in [6.07, 6.45) is 2.17. The molecule has 0 aliphatic heterocycles. The van der Waals surface area contributed by atoms with Gasteiger partial charge < -0.3 is 5.32 Å². The highest BCUT2D eigenvalue weighted by Gasteiger charge is 2.13. The topological polar surface area (TPSA) is 24.9 Å². The van der Waals surface area contributed by atoms with E-state index in [9.17, 15) is 0 Å². The maximum absolute atomic E-state index is 4.49. The third-order valence-electron chi connectivity index (χ3n) is 3.83. The summed E-state index contributed by atoms with van der Waals surface area (Å²) in [4.78, 5) is 4.49. The predicted molar refractivity (Wildman–Crippen MR) is 89.6 cm³/mol. The zero-order valence-corrected chi connectivity index (χ0v) is 13.6. The molecule has 1 aromatic heterocycles. The van der Waals surface area contributed by atoms with Crippen molar-refractivity contribution in [3.8, 4) is 0 Å². The van der Waals surface area contributed by atoms with Crippen LogP contribution in [-0.2, 0) is 6.42 Å². The van der Waals surface area contributed by atoms with E-state index in [2.05, 4.69) is 74.4 Å². The van der Waals surface area contributed by atoms with Gasteiger partial charge >= 0.3 is 0 Å². The van der Waals surface area contributed by atoms with Crippen LogP contribution in [0.1, 0.15) is 47.5 Å². The first-order chi connectivity index (χ1) is 10.1. The fraction of sp³-hybridized carbons (Fsp3) is 0.421. The number of hydrogen-bond acceptors (Lipinski definition) is 2. The Morgan fingerprint density at radius 2 is 1.71 bits per heavy atom. The average molecular weight is 282 g/mol. The summed E-state index contributed by atoms with van der Waals surface area (Å²) in [7, 11) is 0. The third-order valence-corrected chi connectivity index (χ3v) is 3.83. The van der Waals surface area contributed by atoms with Crippen LogP contribution in [0.2, 0.25) is 0 Å². The van der Waals surface area contributed by atoms with Gasteiger partial charge in [-0.3, -0.25) is 4.98 Å². The van der Waals surface area contributed by atoms with Crippen molar-refractivity contribution in [2.45, 2.75) is 46.6 Å². The first-order valence-corrected chi connectivity index (χ1v) is 7.83. The summed E-state index contributed by atoms with van der Waals surface area (Å²) in [5.74, 6) is 0. The van der Waals surface area contributed by atoms with Crippen LogP contribution in [0.5, 0.6) is 0 Å². The normalized spacial score (nSPS) is 12.4. The van der Waals surface area contributed by atoms with Crippen molar-refractivity contribution in [3.63, 3.8) is 0 Å². The van der Waals surface area contributed by atoms with Crippen LogP contribution < -0.4 is 5.32 Å². The Labute approximate surface area is 128 Å². The van der Waals surface area contributed by atoms with Crippen LogP contribution in [0.4, 0.5) is 0 Å². The van der Waals surface area contributed by atoms with Crippen LogP contribution in [0.15, 0.2) is 36.4 Å². The minimum Gasteiger partial charge on any atom is -0.310 e. The van der Waals surface area contributed by atoms with Gasteiger partial charge in [0, 0.05) is 17.4 Å². The molecule has 1 unspecified atom stereocenters. The smallest absolute Gasteiger partial charge is 0.0379 e. The van der Waals surface area contributed by atoms with E-state index >= 15 is 0 Å². The molecule has 1 atom stereocenters. The Hall–Kier alpha value is -1.67. The highest BCUT2D eigenvalue weighted by Crippen LogP contribution is 2.21. The zero-order chi connectivity index (χ0) is 15.2. The Balaban J connectivity index is 2.27. The van der Waals surface area contributed by atoms with Crippen LogP contribution >= 0.6 is 0 Å². The Kier molecular flexibility index (Phi) is 5.51. The lowest BCUT2D eigenvalue weighted by molar-refractivity contribution is 0.527. The molecule has 0 bridgehead atoms. The van der Waals surface area contributed by atoms with Gasteiger partial charge in [-0.05, 0) is 69.0 Å². The highest BCUT2D eigenvalue weighted by molar-refractivity contribution is 5.30. The van der Waals surface area contributed by atoms with Crippen molar-refractivity contribution >= 4 is 0 Å². The van der Waals surface area contributed by atoms with Gasteiger partial charge in [-0.2, -0.15) is 0 Å². The van der Waals surface area contributed by atoms with E-state index < -0.39 is 0 Å². The SMILES string of the molecule is CCCNC(Cc1ccccc1C)c1cc(C)nc(C)c1. The van der Waals surface area contributed by atoms with Crippen LogP contribution in [0, 0.1) is 20.8 Å². The molecule has 2 nitrogen and oxygen atoms in total. The number of nitrogens with zero attached hydrogens (tertiary/aromatic N) is 1. The maximum Gasteiger partial charge on any atom is 0.0379 e. The fourth-order valence-corrected chi connectivity index (χ4v) is 2.75. The second-order valence-corrected chi connectivity index (χ2v) is 5.82. The molecule has 0 saturated heterocycles. The summed E-state index contributed by atoms with van der Waals surface area (Å²) < 4.78 is 0. The quantitative estimate of drug-likeness (QED) is 0.855. The summed E-state index contributed by atoms with van der Waals surface area (Å²) in [5, 5.41) is 3.69. The maximum atomic E-state index is 4.49. The number of hydrogen-bond donors (Lipinski definition) is 1. The van der Waals surface area contributed by atoms with E-state index in [0.29, 0.717) is 6.04 Å². The second kappa shape index (κ2) is 7.37. The van der Waals surface area contributed by atoms with E-state index in [-0.39, 0.29) is 0 Å². The molecule has 0 spiro atoms. The lowest BCUT2D eigenvalue weighted by Gasteiger charge is -2.21. The number of aryl methyl sites for hydroxylation is 3. The van der Waals surface area contributed by atoms with Crippen molar-refractivity contribution in [2.24, 2.45) is 0 Å². The molecule has 2 rings (SSSR count). The van der Waals surface area contributed by atoms with Gasteiger partial charge in [0.05, 0.1) is 0 Å². The van der Waals surface area contributed by atoms with Gasteiger partial charge in [0.25, 0.3) is 0 Å². The minimum atomic E-state index is 0.353. The number of aromatic nitrogens is 1. The van der Waals surface area contributed by atoms with E-state index in [0.717, 1.165) is 30.8 Å². The van der Waals surface area contributed by atoms with Gasteiger partial charge in [0.1, 0.15) is 0 Å². The largest absolute Gasteiger partial charge is 0.310 e. The molecule has 1 aromatic carbocycles. The van der Waals surface area contributed by atoms with Gasteiger partial charge in [0.15, 0.2) is 0 Å². The summed E-state index contributed by atoms with van der Waals surface area (Å²) in [5.41, 5.74) is 6.31. The van der Waals surface area contributed by atoms with E-state index in [1.165, 1.54) is 16.7 Å². The number of nitrogens with one attached hydrogen (secondary N) is 1. The summed E-state index contributed by atoms with van der Waals surface area (Å²) in [6.45, 7) is 9.58. The molecule has 0 saturated carbocycles. The van der Waals surface area contributed by atoms with Crippen molar-refractivity contribution in [2.75, 3.05) is 6.54 Å². The molecule has 0 radical (unpaired) electrons. The lowest BCUT2D eigenvalue weighted by Crippen LogP contribution is -2.24. The first-order valence-electron chi connectivity index (χ1n) is 7.83. The molecule has 0 aliphatic carbocycles. The molecule has 2 heteroatoms. The summed E-state index contributed by atoms with van der Waals surface area (Å²) >= 11 is 0. The monoisotopic (exact) mass is 282 g/mol. The molecule has 1 heterocycles. The second-order valence-electron chi connectivity index (χ2n) is 5.82. The average Bonchev–Trinajstić information content (AvgIpc) is 2.44. The molecule has 2 aromatic rings. The Morgan fingerprint density at radius 1 is 1.05 bits per heavy atom. The standard InChI is InChI=1S/C19H26N2/c1-5-10-20-19(13-17-9-7-6-8-14(17)2)18-11-15(3)21-16(4)12-18/h6-9,11-12,19-20H,5,10,13H2,1-4H3. The highest BCUT2D eigenvalue weighted by atomic mass is 14.9. The first kappa shape index (κ1) is 15.7. The van der Waals surface area contributed by atoms with Crippen LogP contribution in [0.3, 0.4) is 0 Å². The third kappa shape index (κ3) is 4.40. The van der Waals surface area contributed by atoms with Crippen molar-refractivity contribution in [1.29, 1.82) is 0 Å². The van der Waals surface area contributed by atoms with Crippen molar-refractivity contribution in [3.05, 3.63) is 64.5 Å². The van der Waals surface area contributed by atoms with Crippen molar-refractivity contribution in [1.82, 2.24) is 10.3 Å². The minimum absolute atomic E-state index is 0.353.